The minimum atomic E-state index is 0. The molecule has 2 aromatic rings. The number of para-hydroxylation sites is 1. The molecule has 2 heterocycles. The Bertz CT molecular complexity index is 491. The monoisotopic (exact) mass is 278 g/mol. The Labute approximate surface area is 119 Å². The molecule has 0 bridgehead atoms. The standard InChI is InChI=1S/C14H18N4.ClH/c1-2-4-14(5-3-1)18-9-6-13(16-18)12-17-10-7-15-8-11-17;/h1-6,9,15H,7-8,10-12H2;1H. The number of benzene rings is 1. The molecule has 5 heteroatoms. The molecule has 0 aliphatic carbocycles. The van der Waals surface area contributed by atoms with Gasteiger partial charge in [0, 0.05) is 38.9 Å². The molecule has 102 valence electrons. The van der Waals surface area contributed by atoms with Crippen molar-refractivity contribution >= 4 is 12.4 Å². The minimum absolute atomic E-state index is 0. The first-order chi connectivity index (χ1) is 8.92. The summed E-state index contributed by atoms with van der Waals surface area (Å²) >= 11 is 0. The van der Waals surface area contributed by atoms with Crippen LogP contribution in [-0.2, 0) is 6.54 Å². The normalized spacial score (nSPS) is 16.0. The molecular formula is C14H19ClN4. The van der Waals surface area contributed by atoms with Gasteiger partial charge in [-0.2, -0.15) is 5.10 Å². The van der Waals surface area contributed by atoms with Crippen LogP contribution < -0.4 is 5.32 Å². The van der Waals surface area contributed by atoms with Gasteiger partial charge in [-0.15, -0.1) is 12.4 Å². The molecule has 0 saturated carbocycles. The average molecular weight is 279 g/mol. The van der Waals surface area contributed by atoms with E-state index >= 15 is 0 Å². The second kappa shape index (κ2) is 6.70. The number of aromatic nitrogens is 2. The Morgan fingerprint density at radius 1 is 1.05 bits per heavy atom. The molecule has 1 saturated heterocycles. The van der Waals surface area contributed by atoms with Gasteiger partial charge < -0.3 is 5.32 Å². The van der Waals surface area contributed by atoms with Gasteiger partial charge in [0.25, 0.3) is 0 Å². The molecule has 19 heavy (non-hydrogen) atoms. The molecular weight excluding hydrogens is 260 g/mol. The fourth-order valence-electron chi connectivity index (χ4n) is 2.27. The van der Waals surface area contributed by atoms with E-state index in [1.165, 1.54) is 0 Å². The van der Waals surface area contributed by atoms with E-state index in [0.29, 0.717) is 0 Å². The van der Waals surface area contributed by atoms with E-state index in [4.69, 9.17) is 0 Å². The summed E-state index contributed by atoms with van der Waals surface area (Å²) in [5.74, 6) is 0. The molecule has 1 aliphatic rings. The van der Waals surface area contributed by atoms with Crippen LogP contribution in [0.2, 0.25) is 0 Å². The van der Waals surface area contributed by atoms with Gasteiger partial charge in [0.15, 0.2) is 0 Å². The van der Waals surface area contributed by atoms with Gasteiger partial charge in [0.1, 0.15) is 0 Å². The summed E-state index contributed by atoms with van der Waals surface area (Å²) in [6.45, 7) is 5.33. The highest BCUT2D eigenvalue weighted by molar-refractivity contribution is 5.85. The second-order valence-electron chi connectivity index (χ2n) is 4.61. The number of piperazine rings is 1. The summed E-state index contributed by atoms with van der Waals surface area (Å²) in [7, 11) is 0. The lowest BCUT2D eigenvalue weighted by Crippen LogP contribution is -2.42. The molecule has 1 aromatic heterocycles. The summed E-state index contributed by atoms with van der Waals surface area (Å²) in [6, 6.07) is 12.3. The Balaban J connectivity index is 0.00000133. The molecule has 0 spiro atoms. The first-order valence-electron chi connectivity index (χ1n) is 6.45. The van der Waals surface area contributed by atoms with Crippen molar-refractivity contribution in [2.75, 3.05) is 26.2 Å². The van der Waals surface area contributed by atoms with Gasteiger partial charge in [-0.1, -0.05) is 18.2 Å². The zero-order valence-corrected chi connectivity index (χ0v) is 11.6. The highest BCUT2D eigenvalue weighted by atomic mass is 35.5. The van der Waals surface area contributed by atoms with E-state index in [1.54, 1.807) is 0 Å². The fraction of sp³-hybridized carbons (Fsp3) is 0.357. The van der Waals surface area contributed by atoms with Crippen LogP contribution in [0.25, 0.3) is 5.69 Å². The maximum Gasteiger partial charge on any atom is 0.0769 e. The molecule has 0 amide bonds. The lowest BCUT2D eigenvalue weighted by atomic mass is 10.3. The van der Waals surface area contributed by atoms with Crippen molar-refractivity contribution < 1.29 is 0 Å². The van der Waals surface area contributed by atoms with Crippen molar-refractivity contribution in [1.29, 1.82) is 0 Å². The van der Waals surface area contributed by atoms with Crippen LogP contribution in [0.5, 0.6) is 0 Å². The number of hydrogen-bond donors (Lipinski definition) is 1. The predicted octanol–water partition coefficient (Wildman–Crippen LogP) is 1.70. The Morgan fingerprint density at radius 3 is 2.53 bits per heavy atom. The molecule has 4 nitrogen and oxygen atoms in total. The van der Waals surface area contributed by atoms with E-state index in [9.17, 15) is 0 Å². The quantitative estimate of drug-likeness (QED) is 0.928. The molecule has 1 fully saturated rings. The Kier molecular flexibility index (Phi) is 4.96. The number of nitrogens with zero attached hydrogens (tertiary/aromatic N) is 3. The molecule has 0 unspecified atom stereocenters. The number of rotatable bonds is 3. The maximum absolute atomic E-state index is 4.63. The topological polar surface area (TPSA) is 33.1 Å². The Hall–Kier alpha value is -1.36. The van der Waals surface area contributed by atoms with Crippen molar-refractivity contribution in [1.82, 2.24) is 20.0 Å². The maximum atomic E-state index is 4.63. The number of halogens is 1. The van der Waals surface area contributed by atoms with Crippen LogP contribution in [0, 0.1) is 0 Å². The van der Waals surface area contributed by atoms with Crippen molar-refractivity contribution in [3.63, 3.8) is 0 Å². The van der Waals surface area contributed by atoms with E-state index in [-0.39, 0.29) is 12.4 Å². The third-order valence-corrected chi connectivity index (χ3v) is 3.26. The first-order valence-corrected chi connectivity index (χ1v) is 6.45. The van der Waals surface area contributed by atoms with Gasteiger partial charge in [-0.05, 0) is 18.2 Å². The minimum Gasteiger partial charge on any atom is -0.314 e. The number of hydrogen-bond acceptors (Lipinski definition) is 3. The third kappa shape index (κ3) is 3.56. The van der Waals surface area contributed by atoms with E-state index in [2.05, 4.69) is 33.5 Å². The average Bonchev–Trinajstić information content (AvgIpc) is 2.89. The van der Waals surface area contributed by atoms with Crippen LogP contribution in [0.15, 0.2) is 42.6 Å². The molecule has 1 N–H and O–H groups in total. The molecule has 3 rings (SSSR count). The fourth-order valence-corrected chi connectivity index (χ4v) is 2.27. The van der Waals surface area contributed by atoms with Crippen molar-refractivity contribution in [3.8, 4) is 5.69 Å². The van der Waals surface area contributed by atoms with Crippen LogP contribution in [0.1, 0.15) is 5.69 Å². The molecule has 1 aromatic carbocycles. The van der Waals surface area contributed by atoms with Crippen molar-refractivity contribution in [2.24, 2.45) is 0 Å². The highest BCUT2D eigenvalue weighted by Gasteiger charge is 2.11. The second-order valence-corrected chi connectivity index (χ2v) is 4.61. The summed E-state index contributed by atoms with van der Waals surface area (Å²) < 4.78 is 1.94. The molecule has 0 atom stereocenters. The summed E-state index contributed by atoms with van der Waals surface area (Å²) in [6.07, 6.45) is 2.03. The van der Waals surface area contributed by atoms with Gasteiger partial charge in [-0.25, -0.2) is 4.68 Å². The zero-order valence-electron chi connectivity index (χ0n) is 10.8. The Morgan fingerprint density at radius 2 is 1.79 bits per heavy atom. The van der Waals surface area contributed by atoms with Crippen molar-refractivity contribution in [3.05, 3.63) is 48.3 Å². The lowest BCUT2D eigenvalue weighted by molar-refractivity contribution is 0.230. The summed E-state index contributed by atoms with van der Waals surface area (Å²) in [5.41, 5.74) is 2.25. The SMILES string of the molecule is Cl.c1ccc(-n2ccc(CN3CCNCC3)n2)cc1. The third-order valence-electron chi connectivity index (χ3n) is 3.26. The summed E-state index contributed by atoms with van der Waals surface area (Å²) in [5, 5.41) is 7.99. The van der Waals surface area contributed by atoms with Gasteiger partial charge in [0.2, 0.25) is 0 Å². The molecule has 1 aliphatic heterocycles. The lowest BCUT2D eigenvalue weighted by Gasteiger charge is -2.26. The van der Waals surface area contributed by atoms with Crippen LogP contribution in [0.4, 0.5) is 0 Å². The van der Waals surface area contributed by atoms with Gasteiger partial charge >= 0.3 is 0 Å². The van der Waals surface area contributed by atoms with Crippen LogP contribution >= 0.6 is 12.4 Å². The highest BCUT2D eigenvalue weighted by Crippen LogP contribution is 2.08. The first kappa shape index (κ1) is 14.1. The summed E-state index contributed by atoms with van der Waals surface area (Å²) in [4.78, 5) is 2.44. The largest absolute Gasteiger partial charge is 0.314 e. The smallest absolute Gasteiger partial charge is 0.0769 e. The van der Waals surface area contributed by atoms with E-state index < -0.39 is 0 Å². The molecule has 0 radical (unpaired) electrons. The van der Waals surface area contributed by atoms with E-state index in [0.717, 1.165) is 44.1 Å². The van der Waals surface area contributed by atoms with Crippen molar-refractivity contribution in [2.45, 2.75) is 6.54 Å². The zero-order chi connectivity index (χ0) is 12.2. The van der Waals surface area contributed by atoms with Gasteiger partial charge in [0.05, 0.1) is 11.4 Å². The predicted molar refractivity (Wildman–Crippen MR) is 79.0 cm³/mol. The van der Waals surface area contributed by atoms with Gasteiger partial charge in [-0.3, -0.25) is 4.90 Å². The van der Waals surface area contributed by atoms with Crippen LogP contribution in [0.3, 0.4) is 0 Å². The van der Waals surface area contributed by atoms with E-state index in [1.807, 2.05) is 29.1 Å². The van der Waals surface area contributed by atoms with Crippen LogP contribution in [-0.4, -0.2) is 40.9 Å². The number of nitrogens with one attached hydrogen (secondary N) is 1.